The maximum Gasteiger partial charge on any atom is 0.240 e. The number of hydrogen-bond acceptors (Lipinski definition) is 3. The number of hydrogen-bond donors (Lipinski definition) is 2. The third-order valence-electron chi connectivity index (χ3n) is 3.19. The van der Waals surface area contributed by atoms with Crippen LogP contribution in [0.3, 0.4) is 0 Å². The summed E-state index contributed by atoms with van der Waals surface area (Å²) >= 11 is 0. The van der Waals surface area contributed by atoms with Gasteiger partial charge in [-0.25, -0.2) is 17.5 Å². The lowest BCUT2D eigenvalue weighted by Crippen LogP contribution is -2.41. The molecule has 19 heavy (non-hydrogen) atoms. The van der Waals surface area contributed by atoms with Crippen molar-refractivity contribution < 1.29 is 12.8 Å². The molecule has 4 nitrogen and oxygen atoms in total. The lowest BCUT2D eigenvalue weighted by Gasteiger charge is -2.16. The van der Waals surface area contributed by atoms with Gasteiger partial charge in [0.05, 0.1) is 4.90 Å². The Morgan fingerprint density at radius 1 is 1.47 bits per heavy atom. The second kappa shape index (κ2) is 6.17. The van der Waals surface area contributed by atoms with Crippen molar-refractivity contribution in [1.82, 2.24) is 4.72 Å². The first-order chi connectivity index (χ1) is 8.44. The molecular formula is C12H18ClFN2O2S. The molecule has 108 valence electrons. The Morgan fingerprint density at radius 2 is 2.11 bits per heavy atom. The van der Waals surface area contributed by atoms with Crippen LogP contribution in [0.4, 0.5) is 4.39 Å². The van der Waals surface area contributed by atoms with E-state index >= 15 is 0 Å². The maximum absolute atomic E-state index is 13.1. The molecule has 1 atom stereocenters. The Hall–Kier alpha value is -0.690. The maximum atomic E-state index is 13.1. The molecule has 1 fully saturated rings. The smallest absolute Gasteiger partial charge is 0.240 e. The summed E-state index contributed by atoms with van der Waals surface area (Å²) in [5.41, 5.74) is 5.88. The number of halogens is 2. The van der Waals surface area contributed by atoms with Gasteiger partial charge in [-0.2, -0.15) is 0 Å². The Balaban J connectivity index is 0.00000180. The molecular weight excluding hydrogens is 291 g/mol. The minimum Gasteiger partial charge on any atom is -0.329 e. The van der Waals surface area contributed by atoms with Gasteiger partial charge in [0, 0.05) is 12.6 Å². The van der Waals surface area contributed by atoms with Gasteiger partial charge in [0.2, 0.25) is 10.0 Å². The molecule has 7 heteroatoms. The van der Waals surface area contributed by atoms with Crippen molar-refractivity contribution in [1.29, 1.82) is 0 Å². The van der Waals surface area contributed by atoms with E-state index in [0.717, 1.165) is 12.8 Å². The van der Waals surface area contributed by atoms with Gasteiger partial charge in [0.1, 0.15) is 5.82 Å². The second-order valence-corrected chi connectivity index (χ2v) is 6.43. The predicted molar refractivity (Wildman–Crippen MR) is 74.3 cm³/mol. The zero-order valence-electron chi connectivity index (χ0n) is 10.6. The summed E-state index contributed by atoms with van der Waals surface area (Å²) in [4.78, 5) is 0.0838. The predicted octanol–water partition coefficient (Wildman–Crippen LogP) is 1.57. The molecule has 1 aromatic rings. The molecule has 0 radical (unpaired) electrons. The van der Waals surface area contributed by atoms with Gasteiger partial charge >= 0.3 is 0 Å². The molecule has 1 aliphatic rings. The van der Waals surface area contributed by atoms with E-state index < -0.39 is 15.8 Å². The molecule has 1 aromatic carbocycles. The number of aryl methyl sites for hydroxylation is 1. The molecule has 0 aromatic heterocycles. The lowest BCUT2D eigenvalue weighted by molar-refractivity contribution is 0.519. The second-order valence-electron chi connectivity index (χ2n) is 4.71. The number of nitrogens with one attached hydrogen (secondary N) is 1. The van der Waals surface area contributed by atoms with E-state index in [4.69, 9.17) is 5.73 Å². The summed E-state index contributed by atoms with van der Waals surface area (Å²) in [6.45, 7) is 1.82. The molecule has 1 saturated carbocycles. The van der Waals surface area contributed by atoms with Gasteiger partial charge in [-0.15, -0.1) is 12.4 Å². The largest absolute Gasteiger partial charge is 0.329 e. The van der Waals surface area contributed by atoms with Crippen molar-refractivity contribution in [2.24, 2.45) is 11.7 Å². The molecule has 0 bridgehead atoms. The first-order valence-electron chi connectivity index (χ1n) is 5.92. The lowest BCUT2D eigenvalue weighted by atomic mass is 10.2. The van der Waals surface area contributed by atoms with Crippen LogP contribution in [-0.4, -0.2) is 21.0 Å². The molecule has 1 unspecified atom stereocenters. The van der Waals surface area contributed by atoms with Crippen molar-refractivity contribution in [3.63, 3.8) is 0 Å². The highest BCUT2D eigenvalue weighted by atomic mass is 35.5. The van der Waals surface area contributed by atoms with Crippen LogP contribution in [-0.2, 0) is 10.0 Å². The van der Waals surface area contributed by atoms with Crippen molar-refractivity contribution in [3.05, 3.63) is 29.6 Å². The van der Waals surface area contributed by atoms with E-state index in [2.05, 4.69) is 4.72 Å². The average Bonchev–Trinajstić information content (AvgIpc) is 3.13. The van der Waals surface area contributed by atoms with Crippen molar-refractivity contribution >= 4 is 22.4 Å². The third-order valence-corrected chi connectivity index (χ3v) is 4.68. The van der Waals surface area contributed by atoms with E-state index in [1.807, 2.05) is 0 Å². The quantitative estimate of drug-likeness (QED) is 0.867. The Labute approximate surface area is 119 Å². The summed E-state index contributed by atoms with van der Waals surface area (Å²) in [5, 5.41) is 0. The summed E-state index contributed by atoms with van der Waals surface area (Å²) < 4.78 is 39.9. The monoisotopic (exact) mass is 308 g/mol. The van der Waals surface area contributed by atoms with Gasteiger partial charge in [0.15, 0.2) is 0 Å². The van der Waals surface area contributed by atoms with Crippen LogP contribution in [0.25, 0.3) is 0 Å². The summed E-state index contributed by atoms with van der Waals surface area (Å²) in [6, 6.07) is 3.54. The van der Waals surface area contributed by atoms with Crippen molar-refractivity contribution in [2.45, 2.75) is 30.7 Å². The molecule has 0 heterocycles. The molecule has 0 amide bonds. The van der Waals surface area contributed by atoms with Gasteiger partial charge in [-0.05, 0) is 49.4 Å². The average molecular weight is 309 g/mol. The van der Waals surface area contributed by atoms with Crippen LogP contribution in [0, 0.1) is 18.7 Å². The van der Waals surface area contributed by atoms with Crippen LogP contribution in [0.15, 0.2) is 23.1 Å². The molecule has 0 saturated heterocycles. The van der Waals surface area contributed by atoms with Crippen molar-refractivity contribution in [3.8, 4) is 0 Å². The zero-order chi connectivity index (χ0) is 13.3. The van der Waals surface area contributed by atoms with Gasteiger partial charge in [-0.1, -0.05) is 0 Å². The molecule has 2 rings (SSSR count). The van der Waals surface area contributed by atoms with Crippen LogP contribution in [0.5, 0.6) is 0 Å². The van der Waals surface area contributed by atoms with Gasteiger partial charge in [0.25, 0.3) is 0 Å². The highest BCUT2D eigenvalue weighted by Crippen LogP contribution is 2.32. The summed E-state index contributed by atoms with van der Waals surface area (Å²) in [6.07, 6.45) is 2.01. The molecule has 1 aliphatic carbocycles. The number of benzene rings is 1. The highest BCUT2D eigenvalue weighted by molar-refractivity contribution is 7.89. The number of rotatable bonds is 5. The van der Waals surface area contributed by atoms with E-state index in [1.165, 1.54) is 25.1 Å². The Kier molecular flexibility index (Phi) is 5.32. The minimum absolute atomic E-state index is 0. The number of sulfonamides is 1. The van der Waals surface area contributed by atoms with Gasteiger partial charge in [-0.3, -0.25) is 0 Å². The molecule has 0 aliphatic heterocycles. The Morgan fingerprint density at radius 3 is 2.58 bits per heavy atom. The van der Waals surface area contributed by atoms with Crippen LogP contribution in [0.1, 0.15) is 18.4 Å². The summed E-state index contributed by atoms with van der Waals surface area (Å²) in [5.74, 6) is -0.0714. The van der Waals surface area contributed by atoms with Crippen molar-refractivity contribution in [2.75, 3.05) is 6.54 Å². The van der Waals surface area contributed by atoms with E-state index in [0.29, 0.717) is 11.5 Å². The topological polar surface area (TPSA) is 72.2 Å². The van der Waals surface area contributed by atoms with Crippen LogP contribution >= 0.6 is 12.4 Å². The van der Waals surface area contributed by atoms with E-state index in [-0.39, 0.29) is 29.9 Å². The number of nitrogens with two attached hydrogens (primary N) is 1. The molecule has 0 spiro atoms. The van der Waals surface area contributed by atoms with Gasteiger partial charge < -0.3 is 5.73 Å². The standard InChI is InChI=1S/C12H17FN2O2S.ClH/c1-8-6-10(4-5-11(8)13)18(16,17)15-12(7-14)9-2-3-9;/h4-6,9,12,15H,2-3,7,14H2,1H3;1H. The fourth-order valence-corrected chi connectivity index (χ4v) is 3.29. The first-order valence-corrected chi connectivity index (χ1v) is 7.41. The van der Waals surface area contributed by atoms with E-state index in [9.17, 15) is 12.8 Å². The molecule has 3 N–H and O–H groups in total. The van der Waals surface area contributed by atoms with E-state index in [1.54, 1.807) is 0 Å². The van der Waals surface area contributed by atoms with Crippen LogP contribution < -0.4 is 10.5 Å². The fraction of sp³-hybridized carbons (Fsp3) is 0.500. The normalized spacial score (nSPS) is 16.8. The minimum atomic E-state index is -3.61. The summed E-state index contributed by atoms with van der Waals surface area (Å²) in [7, 11) is -3.61. The highest BCUT2D eigenvalue weighted by Gasteiger charge is 2.33. The third kappa shape index (κ3) is 3.89. The van der Waals surface area contributed by atoms with Crippen LogP contribution in [0.2, 0.25) is 0 Å². The Bertz CT molecular complexity index is 547. The SMILES string of the molecule is Cc1cc(S(=O)(=O)NC(CN)C2CC2)ccc1F.Cl. The first kappa shape index (κ1) is 16.4. The fourth-order valence-electron chi connectivity index (χ4n) is 1.89. The zero-order valence-corrected chi connectivity index (χ0v) is 12.2.